The molecule has 1 aliphatic rings. The van der Waals surface area contributed by atoms with Crippen molar-refractivity contribution in [1.29, 1.82) is 0 Å². The largest absolute Gasteiger partial charge is 0.393 e. The summed E-state index contributed by atoms with van der Waals surface area (Å²) in [5.41, 5.74) is -0.222. The number of aliphatic hydroxyl groups excluding tert-OH is 1. The van der Waals surface area contributed by atoms with Gasteiger partial charge in [0.2, 0.25) is 0 Å². The van der Waals surface area contributed by atoms with Crippen molar-refractivity contribution in [2.24, 2.45) is 0 Å². The van der Waals surface area contributed by atoms with E-state index < -0.39 is 0 Å². The molecule has 1 N–H and O–H groups in total. The zero-order valence-corrected chi connectivity index (χ0v) is 11.0. The molecule has 0 spiro atoms. The van der Waals surface area contributed by atoms with E-state index >= 15 is 0 Å². The van der Waals surface area contributed by atoms with Crippen molar-refractivity contribution in [2.45, 2.75) is 57.7 Å². The Morgan fingerprint density at radius 2 is 1.64 bits per heavy atom. The Morgan fingerprint density at radius 1 is 1.29 bits per heavy atom. The van der Waals surface area contributed by atoms with Crippen molar-refractivity contribution in [2.75, 3.05) is 0 Å². The first-order valence-electron chi connectivity index (χ1n) is 4.88. The van der Waals surface area contributed by atoms with E-state index in [1.807, 2.05) is 0 Å². The van der Waals surface area contributed by atoms with Crippen molar-refractivity contribution in [3.8, 4) is 0 Å². The summed E-state index contributed by atoms with van der Waals surface area (Å²) in [6, 6.07) is 0. The molecule has 4 heteroatoms. The van der Waals surface area contributed by atoms with E-state index in [2.05, 4.69) is 45.2 Å². The highest BCUT2D eigenvalue weighted by atomic mass is 32.1. The van der Waals surface area contributed by atoms with Gasteiger partial charge in [-0.05, 0) is 40.5 Å². The summed E-state index contributed by atoms with van der Waals surface area (Å²) in [6.07, 6.45) is 1.26. The van der Waals surface area contributed by atoms with Crippen LogP contribution in [0.25, 0.3) is 0 Å². The topological polar surface area (TPSA) is 23.5 Å². The number of thiol groups is 1. The third kappa shape index (κ3) is 2.23. The maximum Gasteiger partial charge on any atom is 0.134 e. The molecule has 1 aliphatic heterocycles. The predicted molar refractivity (Wildman–Crippen MR) is 66.8 cm³/mol. The number of nitrogens with zero attached hydrogens (tertiary/aromatic N) is 1. The van der Waals surface area contributed by atoms with E-state index in [1.54, 1.807) is 0 Å². The number of piperidine rings is 1. The monoisotopic (exact) mass is 233 g/mol. The molecule has 0 radical (unpaired) electrons. The highest BCUT2D eigenvalue weighted by molar-refractivity contribution is 8.10. The summed E-state index contributed by atoms with van der Waals surface area (Å²) in [5.74, 6) is 0. The Bertz CT molecular complexity index is 233. The molecule has 0 saturated carbocycles. The Balaban J connectivity index is 3.03. The average molecular weight is 233 g/mol. The van der Waals surface area contributed by atoms with Gasteiger partial charge in [-0.1, -0.05) is 12.2 Å². The van der Waals surface area contributed by atoms with Gasteiger partial charge in [0.05, 0.1) is 6.10 Å². The summed E-state index contributed by atoms with van der Waals surface area (Å²) in [7, 11) is 0. The fourth-order valence-electron chi connectivity index (χ4n) is 2.75. The van der Waals surface area contributed by atoms with Crippen LogP contribution in [0.15, 0.2) is 0 Å². The number of aliphatic hydroxyl groups is 1. The molecule has 82 valence electrons. The first-order valence-corrected chi connectivity index (χ1v) is 5.74. The van der Waals surface area contributed by atoms with Crippen LogP contribution in [0, 0.1) is 0 Å². The zero-order valence-electron chi connectivity index (χ0n) is 9.24. The van der Waals surface area contributed by atoms with Gasteiger partial charge in [-0.3, -0.25) is 0 Å². The summed E-state index contributed by atoms with van der Waals surface area (Å²) < 4.78 is 0.618. The van der Waals surface area contributed by atoms with Gasteiger partial charge in [-0.2, -0.15) is 0 Å². The second-order valence-electron chi connectivity index (χ2n) is 5.30. The molecular formula is C10H19NOS2. The summed E-state index contributed by atoms with van der Waals surface area (Å²) in [6.45, 7) is 8.39. The number of likely N-dealkylation sites (tertiary alicyclic amines) is 1. The van der Waals surface area contributed by atoms with Crippen molar-refractivity contribution in [3.63, 3.8) is 0 Å². The van der Waals surface area contributed by atoms with Gasteiger partial charge in [0.15, 0.2) is 0 Å². The molecule has 2 nitrogen and oxygen atoms in total. The molecule has 0 aromatic heterocycles. The second-order valence-corrected chi connectivity index (χ2v) is 6.42. The second kappa shape index (κ2) is 3.65. The third-order valence-corrected chi connectivity index (χ3v) is 3.25. The molecule has 0 bridgehead atoms. The Hall–Kier alpha value is 0.200. The van der Waals surface area contributed by atoms with Crippen LogP contribution in [0.3, 0.4) is 0 Å². The van der Waals surface area contributed by atoms with Crippen LogP contribution in [0.2, 0.25) is 0 Å². The molecule has 1 rings (SSSR count). The lowest BCUT2D eigenvalue weighted by Crippen LogP contribution is -2.62. The normalized spacial score (nSPS) is 26.3. The van der Waals surface area contributed by atoms with Crippen molar-refractivity contribution in [1.82, 2.24) is 4.90 Å². The zero-order chi connectivity index (χ0) is 11.1. The van der Waals surface area contributed by atoms with E-state index in [0.717, 1.165) is 12.8 Å². The summed E-state index contributed by atoms with van der Waals surface area (Å²) in [4.78, 5) is 2.13. The third-order valence-electron chi connectivity index (χ3n) is 2.87. The van der Waals surface area contributed by atoms with E-state index in [9.17, 15) is 5.11 Å². The SMILES string of the molecule is CC1(C)CC(O)CC(C)(C)N1C(=S)S. The van der Waals surface area contributed by atoms with Crippen LogP contribution in [-0.4, -0.2) is 31.5 Å². The number of hydrogen-bond donors (Lipinski definition) is 2. The molecule has 0 atom stereocenters. The minimum atomic E-state index is -0.237. The van der Waals surface area contributed by atoms with Crippen molar-refractivity contribution < 1.29 is 5.11 Å². The molecule has 1 fully saturated rings. The van der Waals surface area contributed by atoms with E-state index in [0.29, 0.717) is 4.32 Å². The fourth-order valence-corrected chi connectivity index (χ4v) is 3.78. The highest BCUT2D eigenvalue weighted by Crippen LogP contribution is 2.39. The molecular weight excluding hydrogens is 214 g/mol. The van der Waals surface area contributed by atoms with E-state index in [-0.39, 0.29) is 17.2 Å². The standard InChI is InChI=1S/C10H19NOS2/c1-9(2)5-7(12)6-10(3,4)11(9)8(13)14/h7,12H,5-6H2,1-4H3,(H,13,14). The van der Waals surface area contributed by atoms with Crippen LogP contribution >= 0.6 is 24.8 Å². The van der Waals surface area contributed by atoms with Gasteiger partial charge in [0, 0.05) is 11.1 Å². The first-order chi connectivity index (χ1) is 6.17. The molecule has 0 unspecified atom stereocenters. The van der Waals surface area contributed by atoms with Crippen LogP contribution < -0.4 is 0 Å². The quantitative estimate of drug-likeness (QED) is 0.495. The maximum atomic E-state index is 9.79. The van der Waals surface area contributed by atoms with Crippen LogP contribution in [0.1, 0.15) is 40.5 Å². The Labute approximate surface area is 97.1 Å². The molecule has 1 saturated heterocycles. The lowest BCUT2D eigenvalue weighted by Gasteiger charge is -2.54. The lowest BCUT2D eigenvalue weighted by atomic mass is 9.79. The molecule has 0 aliphatic carbocycles. The smallest absolute Gasteiger partial charge is 0.134 e. The number of thiocarbonyl (C=S) groups is 1. The Morgan fingerprint density at radius 3 is 1.93 bits per heavy atom. The van der Waals surface area contributed by atoms with E-state index in [1.165, 1.54) is 0 Å². The summed E-state index contributed by atoms with van der Waals surface area (Å²) in [5, 5.41) is 9.79. The molecule has 0 amide bonds. The van der Waals surface area contributed by atoms with Crippen molar-refractivity contribution >= 4 is 29.2 Å². The number of hydrogen-bond acceptors (Lipinski definition) is 2. The van der Waals surface area contributed by atoms with Crippen LogP contribution in [0.5, 0.6) is 0 Å². The minimum absolute atomic E-state index is 0.111. The highest BCUT2D eigenvalue weighted by Gasteiger charge is 2.45. The van der Waals surface area contributed by atoms with Gasteiger partial charge in [0.25, 0.3) is 0 Å². The molecule has 0 aromatic rings. The van der Waals surface area contributed by atoms with Crippen LogP contribution in [-0.2, 0) is 0 Å². The maximum absolute atomic E-state index is 9.79. The molecule has 14 heavy (non-hydrogen) atoms. The average Bonchev–Trinajstić information content (AvgIpc) is 1.75. The van der Waals surface area contributed by atoms with Crippen molar-refractivity contribution in [3.05, 3.63) is 0 Å². The molecule has 0 aromatic carbocycles. The predicted octanol–water partition coefficient (Wildman–Crippen LogP) is 2.22. The Kier molecular flexibility index (Phi) is 3.20. The minimum Gasteiger partial charge on any atom is -0.393 e. The fraction of sp³-hybridized carbons (Fsp3) is 0.900. The van der Waals surface area contributed by atoms with Gasteiger partial charge >= 0.3 is 0 Å². The van der Waals surface area contributed by atoms with Gasteiger partial charge < -0.3 is 10.0 Å². The lowest BCUT2D eigenvalue weighted by molar-refractivity contribution is -0.0323. The van der Waals surface area contributed by atoms with Crippen LogP contribution in [0.4, 0.5) is 0 Å². The molecule has 1 heterocycles. The summed E-state index contributed by atoms with van der Waals surface area (Å²) >= 11 is 9.43. The first kappa shape index (κ1) is 12.3. The van der Waals surface area contributed by atoms with E-state index in [4.69, 9.17) is 12.2 Å². The van der Waals surface area contributed by atoms with Gasteiger partial charge in [0.1, 0.15) is 4.32 Å². The van der Waals surface area contributed by atoms with Gasteiger partial charge in [-0.15, -0.1) is 12.6 Å². The number of rotatable bonds is 0. The van der Waals surface area contributed by atoms with Gasteiger partial charge in [-0.25, -0.2) is 0 Å².